The van der Waals surface area contributed by atoms with Crippen molar-refractivity contribution in [1.29, 1.82) is 0 Å². The van der Waals surface area contributed by atoms with E-state index in [4.69, 9.17) is 0 Å². The van der Waals surface area contributed by atoms with Gasteiger partial charge in [0.1, 0.15) is 6.10 Å². The van der Waals surface area contributed by atoms with Crippen molar-refractivity contribution in [2.75, 3.05) is 31.7 Å². The number of aromatic nitrogens is 3. The number of nitrogens with one attached hydrogen (secondary N) is 2. The maximum Gasteiger partial charge on any atom is 0.258 e. The van der Waals surface area contributed by atoms with Crippen LogP contribution < -0.4 is 10.9 Å². The van der Waals surface area contributed by atoms with Gasteiger partial charge in [-0.05, 0) is 39.2 Å². The van der Waals surface area contributed by atoms with E-state index in [1.54, 1.807) is 18.3 Å². The number of anilines is 1. The summed E-state index contributed by atoms with van der Waals surface area (Å²) in [6, 6.07) is 7.94. The quantitative estimate of drug-likeness (QED) is 0.413. The maximum atomic E-state index is 12.4. The van der Waals surface area contributed by atoms with Crippen LogP contribution in [0.3, 0.4) is 0 Å². The molecular weight excluding hydrogens is 418 g/mol. The van der Waals surface area contributed by atoms with Crippen molar-refractivity contribution in [3.63, 3.8) is 0 Å². The lowest BCUT2D eigenvalue weighted by Gasteiger charge is -2.11. The molecule has 0 radical (unpaired) electrons. The topological polar surface area (TPSA) is 94.1 Å². The Morgan fingerprint density at radius 2 is 2.00 bits per heavy atom. The van der Waals surface area contributed by atoms with Crippen LogP contribution in [0, 0.1) is 6.92 Å². The summed E-state index contributed by atoms with van der Waals surface area (Å²) in [5, 5.41) is 13.6. The lowest BCUT2D eigenvalue weighted by Crippen LogP contribution is -2.20. The van der Waals surface area contributed by atoms with Crippen molar-refractivity contribution in [3.05, 3.63) is 73.6 Å². The van der Waals surface area contributed by atoms with E-state index >= 15 is 0 Å². The molecule has 0 bridgehead atoms. The fourth-order valence-corrected chi connectivity index (χ4v) is 4.93. The summed E-state index contributed by atoms with van der Waals surface area (Å²) in [4.78, 5) is 28.3. The molecule has 3 heterocycles. The summed E-state index contributed by atoms with van der Waals surface area (Å²) in [6.45, 7) is 3.53. The van der Waals surface area contributed by atoms with Gasteiger partial charge in [0.05, 0.1) is 5.56 Å². The van der Waals surface area contributed by atoms with Crippen molar-refractivity contribution in [2.24, 2.45) is 0 Å². The molecule has 0 aromatic carbocycles. The zero-order valence-corrected chi connectivity index (χ0v) is 19.0. The SMILES string of the molecule is Cc1ccc(C(O)c2cnc(NCCSCc3ccc(CN(C)C)s3)[nH]c2=O)cn1. The van der Waals surface area contributed by atoms with Gasteiger partial charge in [-0.2, -0.15) is 11.8 Å². The zero-order chi connectivity index (χ0) is 21.5. The first kappa shape index (κ1) is 22.5. The van der Waals surface area contributed by atoms with Crippen molar-refractivity contribution in [1.82, 2.24) is 19.9 Å². The zero-order valence-electron chi connectivity index (χ0n) is 17.4. The van der Waals surface area contributed by atoms with Crippen LogP contribution in [0.25, 0.3) is 0 Å². The fraction of sp³-hybridized carbons (Fsp3) is 0.381. The van der Waals surface area contributed by atoms with E-state index in [-0.39, 0.29) is 11.1 Å². The van der Waals surface area contributed by atoms with Crippen molar-refractivity contribution in [2.45, 2.75) is 25.3 Å². The van der Waals surface area contributed by atoms with Gasteiger partial charge >= 0.3 is 0 Å². The third-order valence-electron chi connectivity index (χ3n) is 4.34. The van der Waals surface area contributed by atoms with E-state index in [9.17, 15) is 9.90 Å². The molecule has 0 aliphatic heterocycles. The standard InChI is InChI=1S/C21H27N5O2S2/c1-14-4-5-15(10-23-14)19(27)18-11-24-21(25-20(18)28)22-8-9-29-13-17-7-6-16(30-17)12-26(2)3/h4-7,10-11,19,27H,8-9,12-13H2,1-3H3,(H2,22,24,25,28). The molecule has 3 N–H and O–H groups in total. The molecule has 0 fully saturated rings. The molecule has 1 unspecified atom stereocenters. The van der Waals surface area contributed by atoms with Crippen LogP contribution in [0.4, 0.5) is 5.95 Å². The summed E-state index contributed by atoms with van der Waals surface area (Å²) in [7, 11) is 4.15. The van der Waals surface area contributed by atoms with Crippen LogP contribution >= 0.6 is 23.1 Å². The summed E-state index contributed by atoms with van der Waals surface area (Å²) < 4.78 is 0. The lowest BCUT2D eigenvalue weighted by molar-refractivity contribution is 0.217. The second kappa shape index (κ2) is 10.7. The van der Waals surface area contributed by atoms with Gasteiger partial charge in [0.15, 0.2) is 0 Å². The molecule has 9 heteroatoms. The molecule has 7 nitrogen and oxygen atoms in total. The van der Waals surface area contributed by atoms with Gasteiger partial charge in [-0.25, -0.2) is 4.98 Å². The normalized spacial score (nSPS) is 12.3. The van der Waals surface area contributed by atoms with Crippen molar-refractivity contribution < 1.29 is 5.11 Å². The molecule has 3 rings (SSSR count). The first-order valence-electron chi connectivity index (χ1n) is 9.66. The molecule has 0 saturated heterocycles. The minimum absolute atomic E-state index is 0.201. The Labute approximate surface area is 184 Å². The van der Waals surface area contributed by atoms with Crippen molar-refractivity contribution >= 4 is 29.0 Å². The van der Waals surface area contributed by atoms with Gasteiger partial charge in [0.2, 0.25) is 5.95 Å². The second-order valence-electron chi connectivity index (χ2n) is 7.24. The Hall–Kier alpha value is -2.20. The number of rotatable bonds is 10. The molecule has 3 aromatic heterocycles. The average Bonchev–Trinajstić information content (AvgIpc) is 3.14. The number of aliphatic hydroxyl groups excluding tert-OH is 1. The van der Waals surface area contributed by atoms with Crippen molar-refractivity contribution in [3.8, 4) is 0 Å². The highest BCUT2D eigenvalue weighted by Gasteiger charge is 2.15. The molecule has 0 saturated carbocycles. The summed E-state index contributed by atoms with van der Waals surface area (Å²) in [5.74, 6) is 2.27. The monoisotopic (exact) mass is 445 g/mol. The van der Waals surface area contributed by atoms with E-state index in [1.165, 1.54) is 16.0 Å². The number of pyridine rings is 1. The predicted molar refractivity (Wildman–Crippen MR) is 124 cm³/mol. The van der Waals surface area contributed by atoms with E-state index in [2.05, 4.69) is 51.4 Å². The van der Waals surface area contributed by atoms with Gasteiger partial charge in [-0.1, -0.05) is 6.07 Å². The average molecular weight is 446 g/mol. The third kappa shape index (κ3) is 6.40. The number of thioether (sulfide) groups is 1. The van der Waals surface area contributed by atoms with Crippen LogP contribution in [-0.2, 0) is 12.3 Å². The predicted octanol–water partition coefficient (Wildman–Crippen LogP) is 3.02. The number of aliphatic hydroxyl groups is 1. The van der Waals surface area contributed by atoms with Crippen LogP contribution in [-0.4, -0.2) is 51.4 Å². The fourth-order valence-electron chi connectivity index (χ4n) is 2.82. The second-order valence-corrected chi connectivity index (χ2v) is 9.59. The molecule has 3 aromatic rings. The lowest BCUT2D eigenvalue weighted by atomic mass is 10.1. The highest BCUT2D eigenvalue weighted by molar-refractivity contribution is 7.98. The number of hydrogen-bond acceptors (Lipinski definition) is 8. The van der Waals surface area contributed by atoms with Gasteiger partial charge < -0.3 is 15.3 Å². The highest BCUT2D eigenvalue weighted by atomic mass is 32.2. The van der Waals surface area contributed by atoms with E-state index in [0.717, 1.165) is 23.7 Å². The van der Waals surface area contributed by atoms with E-state index < -0.39 is 6.10 Å². The molecule has 30 heavy (non-hydrogen) atoms. The minimum atomic E-state index is -1.05. The Bertz CT molecular complexity index is 1000. The van der Waals surface area contributed by atoms with Crippen LogP contribution in [0.2, 0.25) is 0 Å². The Balaban J connectivity index is 1.46. The molecule has 0 spiro atoms. The van der Waals surface area contributed by atoms with Gasteiger partial charge in [-0.15, -0.1) is 11.3 Å². The Kier molecular flexibility index (Phi) is 8.03. The van der Waals surface area contributed by atoms with Gasteiger partial charge in [0.25, 0.3) is 5.56 Å². The molecule has 0 aliphatic carbocycles. The molecular formula is C21H27N5O2S2. The highest BCUT2D eigenvalue weighted by Crippen LogP contribution is 2.22. The van der Waals surface area contributed by atoms with Crippen LogP contribution in [0.1, 0.15) is 32.7 Å². The number of aromatic amines is 1. The first-order chi connectivity index (χ1) is 14.4. The molecule has 160 valence electrons. The minimum Gasteiger partial charge on any atom is -0.383 e. The first-order valence-corrected chi connectivity index (χ1v) is 11.6. The molecule has 0 aliphatic rings. The summed E-state index contributed by atoms with van der Waals surface area (Å²) in [6.07, 6.45) is 1.93. The smallest absolute Gasteiger partial charge is 0.258 e. The largest absolute Gasteiger partial charge is 0.383 e. The van der Waals surface area contributed by atoms with Crippen LogP contribution in [0.5, 0.6) is 0 Å². The Morgan fingerprint density at radius 1 is 1.20 bits per heavy atom. The number of thiophene rings is 1. The molecule has 0 amide bonds. The number of nitrogens with zero attached hydrogens (tertiary/aromatic N) is 3. The molecule has 1 atom stereocenters. The summed E-state index contributed by atoms with van der Waals surface area (Å²) >= 11 is 3.69. The summed E-state index contributed by atoms with van der Waals surface area (Å²) in [5.41, 5.74) is 1.25. The number of hydrogen-bond donors (Lipinski definition) is 3. The third-order valence-corrected chi connectivity index (χ3v) is 6.60. The van der Waals surface area contributed by atoms with E-state index in [1.807, 2.05) is 30.0 Å². The maximum absolute atomic E-state index is 12.4. The number of aryl methyl sites for hydroxylation is 1. The van der Waals surface area contributed by atoms with E-state index in [0.29, 0.717) is 18.1 Å². The Morgan fingerprint density at radius 3 is 2.70 bits per heavy atom. The van der Waals surface area contributed by atoms with Gasteiger partial charge in [-0.3, -0.25) is 14.8 Å². The number of H-pyrrole nitrogens is 1. The van der Waals surface area contributed by atoms with Gasteiger partial charge in [0, 0.05) is 58.0 Å². The van der Waals surface area contributed by atoms with Crippen LogP contribution in [0.15, 0.2) is 41.5 Å².